The Kier molecular flexibility index (Phi) is 4.04. The van der Waals surface area contributed by atoms with Gasteiger partial charge in [0.25, 0.3) is 10.1 Å². The summed E-state index contributed by atoms with van der Waals surface area (Å²) in [6, 6.07) is 7.44. The Balaban J connectivity index is 2.10. The first kappa shape index (κ1) is 17.4. The Labute approximate surface area is 141 Å². The number of alkyl halides is 3. The third kappa shape index (κ3) is 3.64. The fourth-order valence-corrected chi connectivity index (χ4v) is 3.40. The van der Waals surface area contributed by atoms with E-state index < -0.39 is 33.4 Å². The average molecular weight is 374 g/mol. The molecule has 2 aromatic rings. The molecule has 0 unspecified atom stereocenters. The van der Waals surface area contributed by atoms with Crippen molar-refractivity contribution >= 4 is 21.5 Å². The Morgan fingerprint density at radius 1 is 1.20 bits per heavy atom. The number of nitrogen functional groups attached to an aromatic ring is 1. The minimum absolute atomic E-state index is 0.215. The molecule has 0 bridgehead atoms. The standard InChI is InChI=1S/C15H13F3N2O4S/c16-15(17,18)7-20-11-4-2-9-5-8-1-3-10(19)6-12(8)24-13(9)14(11)25(21,22)23/h1-4,6,20H,5,7,19H2,(H,21,22,23). The first-order chi connectivity index (χ1) is 11.5. The summed E-state index contributed by atoms with van der Waals surface area (Å²) in [5.41, 5.74) is 6.80. The normalized spacial score (nSPS) is 13.6. The summed E-state index contributed by atoms with van der Waals surface area (Å²) >= 11 is 0. The topological polar surface area (TPSA) is 102 Å². The zero-order chi connectivity index (χ0) is 18.4. The maximum Gasteiger partial charge on any atom is 0.405 e. The fourth-order valence-electron chi connectivity index (χ4n) is 2.57. The molecule has 0 radical (unpaired) electrons. The van der Waals surface area contributed by atoms with Crippen molar-refractivity contribution in [3.8, 4) is 11.5 Å². The van der Waals surface area contributed by atoms with E-state index in [0.29, 0.717) is 11.3 Å². The molecule has 1 aliphatic heterocycles. The predicted octanol–water partition coefficient (Wildman–Crippen LogP) is 3.19. The third-order valence-corrected chi connectivity index (χ3v) is 4.54. The highest BCUT2D eigenvalue weighted by molar-refractivity contribution is 7.86. The number of ether oxygens (including phenoxy) is 1. The summed E-state index contributed by atoms with van der Waals surface area (Å²) in [6.07, 6.45) is -4.28. The van der Waals surface area contributed by atoms with E-state index in [1.807, 2.05) is 5.32 Å². The van der Waals surface area contributed by atoms with Crippen molar-refractivity contribution < 1.29 is 30.9 Å². The first-order valence-electron chi connectivity index (χ1n) is 7.05. The van der Waals surface area contributed by atoms with Gasteiger partial charge in [0.2, 0.25) is 0 Å². The van der Waals surface area contributed by atoms with Gasteiger partial charge in [-0.2, -0.15) is 21.6 Å². The second-order valence-electron chi connectivity index (χ2n) is 5.52. The largest absolute Gasteiger partial charge is 0.455 e. The zero-order valence-electron chi connectivity index (χ0n) is 12.6. The van der Waals surface area contributed by atoms with Crippen molar-refractivity contribution in [1.82, 2.24) is 0 Å². The van der Waals surface area contributed by atoms with Crippen LogP contribution in [0.25, 0.3) is 0 Å². The lowest BCUT2D eigenvalue weighted by Gasteiger charge is -2.24. The molecular formula is C15H13F3N2O4S. The van der Waals surface area contributed by atoms with Crippen LogP contribution in [-0.2, 0) is 16.5 Å². The number of rotatable bonds is 3. The summed E-state index contributed by atoms with van der Waals surface area (Å²) < 4.78 is 75.9. The molecule has 0 atom stereocenters. The summed E-state index contributed by atoms with van der Waals surface area (Å²) in [5.74, 6) is 0.0677. The van der Waals surface area contributed by atoms with E-state index >= 15 is 0 Å². The molecule has 0 fully saturated rings. The zero-order valence-corrected chi connectivity index (χ0v) is 13.4. The molecule has 1 heterocycles. The van der Waals surface area contributed by atoms with Crippen molar-refractivity contribution in [2.45, 2.75) is 17.5 Å². The van der Waals surface area contributed by atoms with Gasteiger partial charge in [0, 0.05) is 23.7 Å². The fraction of sp³-hybridized carbons (Fsp3) is 0.200. The lowest BCUT2D eigenvalue weighted by Crippen LogP contribution is -2.23. The Bertz CT molecular complexity index is 943. The van der Waals surface area contributed by atoms with Crippen LogP contribution in [0.2, 0.25) is 0 Å². The van der Waals surface area contributed by atoms with E-state index in [-0.39, 0.29) is 17.9 Å². The summed E-state index contributed by atoms with van der Waals surface area (Å²) in [5, 5.41) is 1.98. The van der Waals surface area contributed by atoms with Crippen LogP contribution in [0.1, 0.15) is 11.1 Å². The van der Waals surface area contributed by atoms with Gasteiger partial charge in [0.05, 0.1) is 5.69 Å². The highest BCUT2D eigenvalue weighted by Gasteiger charge is 2.32. The molecule has 0 aromatic heterocycles. The quantitative estimate of drug-likeness (QED) is 0.481. The van der Waals surface area contributed by atoms with Crippen LogP contribution in [-0.4, -0.2) is 25.7 Å². The van der Waals surface area contributed by atoms with Crippen LogP contribution in [0.5, 0.6) is 11.5 Å². The van der Waals surface area contributed by atoms with E-state index in [9.17, 15) is 26.1 Å². The van der Waals surface area contributed by atoms with Crippen molar-refractivity contribution in [3.05, 3.63) is 41.5 Å². The average Bonchev–Trinajstić information content (AvgIpc) is 2.48. The number of halogens is 3. The molecule has 134 valence electrons. The van der Waals surface area contributed by atoms with E-state index in [1.54, 1.807) is 12.1 Å². The molecule has 6 nitrogen and oxygen atoms in total. The molecule has 25 heavy (non-hydrogen) atoms. The second kappa shape index (κ2) is 5.81. The molecule has 0 saturated heterocycles. The number of hydrogen-bond acceptors (Lipinski definition) is 5. The minimum atomic E-state index is -4.84. The van der Waals surface area contributed by atoms with Gasteiger partial charge in [-0.15, -0.1) is 0 Å². The van der Waals surface area contributed by atoms with Gasteiger partial charge in [-0.1, -0.05) is 12.1 Å². The van der Waals surface area contributed by atoms with E-state index in [2.05, 4.69) is 0 Å². The molecule has 0 aliphatic carbocycles. The molecule has 0 amide bonds. The Morgan fingerprint density at radius 3 is 2.52 bits per heavy atom. The van der Waals surface area contributed by atoms with E-state index in [0.717, 1.165) is 5.56 Å². The SMILES string of the molecule is Nc1ccc2c(c1)Oc1c(ccc(NCC(F)(F)F)c1S(=O)(=O)O)C2. The van der Waals surface area contributed by atoms with Gasteiger partial charge in [-0.25, -0.2) is 0 Å². The summed E-state index contributed by atoms with van der Waals surface area (Å²) in [4.78, 5) is -0.734. The molecule has 0 saturated carbocycles. The Hall–Kier alpha value is -2.46. The minimum Gasteiger partial charge on any atom is -0.455 e. The van der Waals surface area contributed by atoms with Crippen LogP contribution in [0.4, 0.5) is 24.5 Å². The van der Waals surface area contributed by atoms with Gasteiger partial charge in [-0.05, 0) is 17.7 Å². The van der Waals surface area contributed by atoms with Crippen LogP contribution in [0, 0.1) is 0 Å². The van der Waals surface area contributed by atoms with Gasteiger partial charge in [-0.3, -0.25) is 4.55 Å². The lowest BCUT2D eigenvalue weighted by molar-refractivity contribution is -0.115. The molecular weight excluding hydrogens is 361 g/mol. The Morgan fingerprint density at radius 2 is 1.88 bits per heavy atom. The molecule has 2 aromatic carbocycles. The molecule has 4 N–H and O–H groups in total. The van der Waals surface area contributed by atoms with Crippen molar-refractivity contribution in [2.75, 3.05) is 17.6 Å². The van der Waals surface area contributed by atoms with Gasteiger partial charge < -0.3 is 15.8 Å². The van der Waals surface area contributed by atoms with Gasteiger partial charge in [0.1, 0.15) is 12.3 Å². The van der Waals surface area contributed by atoms with Crippen molar-refractivity contribution in [3.63, 3.8) is 0 Å². The smallest absolute Gasteiger partial charge is 0.405 e. The van der Waals surface area contributed by atoms with E-state index in [4.69, 9.17) is 10.5 Å². The molecule has 0 spiro atoms. The van der Waals surface area contributed by atoms with Crippen LogP contribution in [0.3, 0.4) is 0 Å². The highest BCUT2D eigenvalue weighted by Crippen LogP contribution is 2.44. The number of nitrogens with one attached hydrogen (secondary N) is 1. The predicted molar refractivity (Wildman–Crippen MR) is 84.5 cm³/mol. The number of nitrogens with two attached hydrogens (primary N) is 1. The monoisotopic (exact) mass is 374 g/mol. The van der Waals surface area contributed by atoms with Crippen molar-refractivity contribution in [1.29, 1.82) is 0 Å². The number of fused-ring (bicyclic) bond motifs is 2. The number of anilines is 2. The maximum absolute atomic E-state index is 12.4. The lowest BCUT2D eigenvalue weighted by atomic mass is 9.99. The maximum atomic E-state index is 12.4. The number of benzene rings is 2. The first-order valence-corrected chi connectivity index (χ1v) is 8.49. The summed E-state index contributed by atoms with van der Waals surface area (Å²) in [6.45, 7) is -1.46. The van der Waals surface area contributed by atoms with E-state index in [1.165, 1.54) is 18.2 Å². The second-order valence-corrected chi connectivity index (χ2v) is 6.88. The summed E-state index contributed by atoms with van der Waals surface area (Å²) in [7, 11) is -4.84. The molecule has 1 aliphatic rings. The highest BCUT2D eigenvalue weighted by atomic mass is 32.2. The van der Waals surface area contributed by atoms with Crippen LogP contribution < -0.4 is 15.8 Å². The van der Waals surface area contributed by atoms with Crippen LogP contribution in [0.15, 0.2) is 35.2 Å². The van der Waals surface area contributed by atoms with Gasteiger partial charge >= 0.3 is 6.18 Å². The number of hydrogen-bond donors (Lipinski definition) is 3. The third-order valence-electron chi connectivity index (χ3n) is 3.62. The van der Waals surface area contributed by atoms with Crippen LogP contribution >= 0.6 is 0 Å². The van der Waals surface area contributed by atoms with Crippen molar-refractivity contribution in [2.24, 2.45) is 0 Å². The molecule has 3 rings (SSSR count). The van der Waals surface area contributed by atoms with Gasteiger partial charge in [0.15, 0.2) is 10.6 Å². The molecule has 10 heteroatoms.